The van der Waals surface area contributed by atoms with Crippen LogP contribution in [-0.2, 0) is 10.2 Å². The number of nitrogens with one attached hydrogen (secondary N) is 2. The van der Waals surface area contributed by atoms with Crippen molar-refractivity contribution in [3.63, 3.8) is 0 Å². The number of benzene rings is 1. The number of nitrogens with zero attached hydrogens (tertiary/aromatic N) is 1. The smallest absolute Gasteiger partial charge is 0.299 e. The first-order valence-corrected chi connectivity index (χ1v) is 6.43. The van der Waals surface area contributed by atoms with Crippen LogP contribution in [0.25, 0.3) is 0 Å². The Balaban J connectivity index is 2.87. The molecule has 0 atom stereocenters. The van der Waals surface area contributed by atoms with Gasteiger partial charge in [-0.05, 0) is 12.1 Å². The molecule has 0 radical (unpaired) electrons. The van der Waals surface area contributed by atoms with Gasteiger partial charge in [0.2, 0.25) is 0 Å². The zero-order chi connectivity index (χ0) is 12.7. The van der Waals surface area contributed by atoms with E-state index in [1.165, 1.54) is 0 Å². The molecule has 0 aliphatic rings. The van der Waals surface area contributed by atoms with Crippen molar-refractivity contribution in [2.75, 3.05) is 17.9 Å². The van der Waals surface area contributed by atoms with Gasteiger partial charge in [-0.15, -0.1) is 0 Å². The summed E-state index contributed by atoms with van der Waals surface area (Å²) in [5.41, 5.74) is 0.295. The van der Waals surface area contributed by atoms with Crippen LogP contribution < -0.4 is 14.2 Å². The summed E-state index contributed by atoms with van der Waals surface area (Å²) >= 11 is 0. The van der Waals surface area contributed by atoms with E-state index >= 15 is 0 Å². The Labute approximate surface area is 100 Å². The lowest BCUT2D eigenvalue weighted by Gasteiger charge is -2.11. The molecular formula is C10H13N3O3S. The Hall–Kier alpha value is -1.78. The highest BCUT2D eigenvalue weighted by Crippen LogP contribution is 2.24. The van der Waals surface area contributed by atoms with Crippen LogP contribution in [0.15, 0.2) is 24.3 Å². The molecule has 17 heavy (non-hydrogen) atoms. The average Bonchev–Trinajstić information content (AvgIpc) is 2.27. The highest BCUT2D eigenvalue weighted by molar-refractivity contribution is 7.90. The van der Waals surface area contributed by atoms with E-state index in [0.29, 0.717) is 11.4 Å². The molecule has 1 aromatic rings. The predicted octanol–water partition coefficient (Wildman–Crippen LogP) is 0.855. The molecule has 0 aromatic heterocycles. The Kier molecular flexibility index (Phi) is 4.75. The lowest BCUT2D eigenvalue weighted by molar-refractivity contribution is 0.370. The molecule has 1 aromatic carbocycles. The van der Waals surface area contributed by atoms with Gasteiger partial charge in [-0.25, -0.2) is 0 Å². The Morgan fingerprint density at radius 3 is 2.76 bits per heavy atom. The van der Waals surface area contributed by atoms with Crippen molar-refractivity contribution in [1.82, 2.24) is 4.72 Å². The molecule has 0 amide bonds. The van der Waals surface area contributed by atoms with Gasteiger partial charge in [0, 0.05) is 6.54 Å². The minimum Gasteiger partial charge on any atom is -0.477 e. The van der Waals surface area contributed by atoms with Crippen LogP contribution in [-0.4, -0.2) is 21.6 Å². The molecule has 2 N–H and O–H groups in total. The Morgan fingerprint density at radius 1 is 1.41 bits per heavy atom. The third-order valence-electron chi connectivity index (χ3n) is 1.76. The fourth-order valence-corrected chi connectivity index (χ4v) is 2.07. The zero-order valence-electron chi connectivity index (χ0n) is 9.30. The van der Waals surface area contributed by atoms with E-state index in [0.717, 1.165) is 0 Å². The van der Waals surface area contributed by atoms with Gasteiger partial charge in [0.1, 0.15) is 11.8 Å². The first kappa shape index (κ1) is 13.3. The molecule has 0 bridgehead atoms. The summed E-state index contributed by atoms with van der Waals surface area (Å²) in [6.45, 7) is 1.83. The van der Waals surface area contributed by atoms with E-state index in [4.69, 9.17) is 10.00 Å². The van der Waals surface area contributed by atoms with Crippen molar-refractivity contribution in [2.45, 2.75) is 6.92 Å². The fraction of sp³-hybridized carbons (Fsp3) is 0.300. The summed E-state index contributed by atoms with van der Waals surface area (Å²) in [5, 5.41) is 8.41. The summed E-state index contributed by atoms with van der Waals surface area (Å²) in [6, 6.07) is 8.32. The molecule has 0 unspecified atom stereocenters. The van der Waals surface area contributed by atoms with E-state index in [1.54, 1.807) is 31.2 Å². The standard InChI is InChI=1S/C10H13N3O3S/c1-2-12-17(14,15)13-9-5-3-4-6-10(9)16-8-7-11/h3-6,12-13H,2,8H2,1H3. The largest absolute Gasteiger partial charge is 0.477 e. The maximum Gasteiger partial charge on any atom is 0.299 e. The quantitative estimate of drug-likeness (QED) is 0.788. The van der Waals surface area contributed by atoms with Crippen LogP contribution in [0.4, 0.5) is 5.69 Å². The van der Waals surface area contributed by atoms with E-state index in [9.17, 15) is 8.42 Å². The lowest BCUT2D eigenvalue weighted by atomic mass is 10.3. The van der Waals surface area contributed by atoms with Crippen LogP contribution in [0.5, 0.6) is 5.75 Å². The van der Waals surface area contributed by atoms with Crippen LogP contribution in [0.1, 0.15) is 6.92 Å². The lowest BCUT2D eigenvalue weighted by Crippen LogP contribution is -2.29. The van der Waals surface area contributed by atoms with E-state index < -0.39 is 10.2 Å². The first-order valence-electron chi connectivity index (χ1n) is 4.95. The number of anilines is 1. The molecule has 0 aliphatic carbocycles. The fourth-order valence-electron chi connectivity index (χ4n) is 1.16. The molecule has 0 saturated heterocycles. The predicted molar refractivity (Wildman–Crippen MR) is 63.8 cm³/mol. The summed E-state index contributed by atoms with van der Waals surface area (Å²) in [5.74, 6) is 0.315. The Bertz CT molecular complexity index is 508. The van der Waals surface area contributed by atoms with Gasteiger partial charge in [-0.1, -0.05) is 19.1 Å². The van der Waals surface area contributed by atoms with Gasteiger partial charge in [0.15, 0.2) is 6.61 Å². The Morgan fingerprint density at radius 2 is 2.12 bits per heavy atom. The molecule has 0 spiro atoms. The summed E-state index contributed by atoms with van der Waals surface area (Å²) in [4.78, 5) is 0. The highest BCUT2D eigenvalue weighted by atomic mass is 32.2. The summed E-state index contributed by atoms with van der Waals surface area (Å²) in [6.07, 6.45) is 0. The number of hydrogen-bond acceptors (Lipinski definition) is 4. The number of rotatable bonds is 6. The summed E-state index contributed by atoms with van der Waals surface area (Å²) < 4.78 is 32.7. The third-order valence-corrected chi connectivity index (χ3v) is 2.92. The monoisotopic (exact) mass is 255 g/mol. The van der Waals surface area contributed by atoms with E-state index in [2.05, 4.69) is 9.44 Å². The van der Waals surface area contributed by atoms with Gasteiger partial charge in [-0.3, -0.25) is 4.72 Å². The van der Waals surface area contributed by atoms with Gasteiger partial charge >= 0.3 is 0 Å². The minimum absolute atomic E-state index is 0.139. The topological polar surface area (TPSA) is 91.2 Å². The second-order valence-corrected chi connectivity index (χ2v) is 4.55. The van der Waals surface area contributed by atoms with Crippen LogP contribution >= 0.6 is 0 Å². The van der Waals surface area contributed by atoms with Crippen molar-refractivity contribution in [3.8, 4) is 11.8 Å². The molecule has 1 rings (SSSR count). The molecule has 0 aliphatic heterocycles. The molecule has 0 heterocycles. The van der Waals surface area contributed by atoms with Gasteiger partial charge in [0.05, 0.1) is 5.69 Å². The number of nitriles is 1. The van der Waals surface area contributed by atoms with Crippen LogP contribution in [0.2, 0.25) is 0 Å². The maximum atomic E-state index is 11.5. The van der Waals surface area contributed by atoms with Gasteiger partial charge < -0.3 is 4.74 Å². The van der Waals surface area contributed by atoms with Crippen molar-refractivity contribution in [2.24, 2.45) is 0 Å². The molecule has 0 fully saturated rings. The average molecular weight is 255 g/mol. The van der Waals surface area contributed by atoms with E-state index in [-0.39, 0.29) is 13.2 Å². The molecular weight excluding hydrogens is 242 g/mol. The third kappa shape index (κ3) is 4.30. The van der Waals surface area contributed by atoms with Crippen molar-refractivity contribution in [3.05, 3.63) is 24.3 Å². The van der Waals surface area contributed by atoms with E-state index in [1.807, 2.05) is 6.07 Å². The van der Waals surface area contributed by atoms with Crippen LogP contribution in [0.3, 0.4) is 0 Å². The second kappa shape index (κ2) is 6.08. The zero-order valence-corrected chi connectivity index (χ0v) is 10.1. The first-order chi connectivity index (χ1) is 8.09. The summed E-state index contributed by atoms with van der Waals surface area (Å²) in [7, 11) is -3.60. The number of ether oxygens (including phenoxy) is 1. The molecule has 92 valence electrons. The second-order valence-electron chi connectivity index (χ2n) is 3.05. The normalized spacial score (nSPS) is 10.6. The van der Waals surface area contributed by atoms with Crippen LogP contribution in [0, 0.1) is 11.3 Å². The van der Waals surface area contributed by atoms with Crippen molar-refractivity contribution in [1.29, 1.82) is 5.26 Å². The van der Waals surface area contributed by atoms with Gasteiger partial charge in [-0.2, -0.15) is 18.4 Å². The minimum atomic E-state index is -3.60. The van der Waals surface area contributed by atoms with Gasteiger partial charge in [0.25, 0.3) is 10.2 Å². The molecule has 7 heteroatoms. The maximum absolute atomic E-state index is 11.5. The number of para-hydroxylation sites is 2. The van der Waals surface area contributed by atoms with Crippen molar-refractivity contribution < 1.29 is 13.2 Å². The SMILES string of the molecule is CCNS(=O)(=O)Nc1ccccc1OCC#N. The molecule has 6 nitrogen and oxygen atoms in total. The van der Waals surface area contributed by atoms with Crippen molar-refractivity contribution >= 4 is 15.9 Å². The highest BCUT2D eigenvalue weighted by Gasteiger charge is 2.11. The molecule has 0 saturated carbocycles. The number of hydrogen-bond donors (Lipinski definition) is 2.